The predicted octanol–water partition coefficient (Wildman–Crippen LogP) is 0.681. The van der Waals surface area contributed by atoms with Crippen molar-refractivity contribution in [2.24, 2.45) is 14.1 Å². The van der Waals surface area contributed by atoms with Gasteiger partial charge < -0.3 is 11.3 Å². The van der Waals surface area contributed by atoms with Gasteiger partial charge in [0, 0.05) is 46.8 Å². The summed E-state index contributed by atoms with van der Waals surface area (Å²) in [7, 11) is 3.68. The Hall–Kier alpha value is -0.616. The molecular weight excluding hydrogens is 281 g/mol. The zero-order valence-corrected chi connectivity index (χ0v) is 12.2. The molecule has 1 radical (unpaired) electrons. The molecule has 2 rings (SSSR count). The zero-order chi connectivity index (χ0) is 10.6. The summed E-state index contributed by atoms with van der Waals surface area (Å²) >= 11 is 0. The van der Waals surface area contributed by atoms with Crippen molar-refractivity contribution >= 4 is 0 Å². The molecule has 0 aliphatic heterocycles. The van der Waals surface area contributed by atoms with Crippen LogP contribution in [0.2, 0.25) is 0 Å². The molecule has 0 saturated heterocycles. The predicted molar refractivity (Wildman–Crippen MR) is 57.0 cm³/mol. The third-order valence-corrected chi connectivity index (χ3v) is 1.83. The van der Waals surface area contributed by atoms with Gasteiger partial charge in [0.25, 0.3) is 0 Å². The summed E-state index contributed by atoms with van der Waals surface area (Å²) in [5.41, 5.74) is 2.14. The number of hydrogen-bond acceptors (Lipinski definition) is 4. The van der Waals surface area contributed by atoms with E-state index in [0.29, 0.717) is 0 Å². The standard InChI is InChI=1S/C5H9N3.C3H4N3.CH4.Y/c1-4-5(2)8(3)7-6-4;1-6-3-2-4-5-6;;/h1-3H3;3H,1H3;1H4;/q;-1;;. The molecule has 0 bridgehead atoms. The van der Waals surface area contributed by atoms with Crippen LogP contribution >= 0.6 is 0 Å². The number of hydrogen-bond donors (Lipinski definition) is 0. The van der Waals surface area contributed by atoms with Crippen LogP contribution in [0, 0.1) is 20.0 Å². The molecule has 0 unspecified atom stereocenters. The second-order valence-electron chi connectivity index (χ2n) is 2.91. The summed E-state index contributed by atoms with van der Waals surface area (Å²) < 4.78 is 3.34. The summed E-state index contributed by atoms with van der Waals surface area (Å²) in [6, 6.07) is 0. The summed E-state index contributed by atoms with van der Waals surface area (Å²) in [5.74, 6) is 0. The number of nitrogens with zero attached hydrogens (tertiary/aromatic N) is 6. The monoisotopic (exact) mass is 298 g/mol. The van der Waals surface area contributed by atoms with E-state index in [1.807, 2.05) is 20.9 Å². The summed E-state index contributed by atoms with van der Waals surface area (Å²) in [6.45, 7) is 3.94. The maximum absolute atomic E-state index is 3.83. The van der Waals surface area contributed by atoms with Crippen LogP contribution in [0.25, 0.3) is 0 Å². The molecule has 0 saturated carbocycles. The van der Waals surface area contributed by atoms with Crippen molar-refractivity contribution in [3.63, 3.8) is 0 Å². The van der Waals surface area contributed by atoms with Crippen LogP contribution in [0.3, 0.4) is 0 Å². The maximum Gasteiger partial charge on any atom is 0.0825 e. The molecule has 0 amide bonds. The summed E-state index contributed by atoms with van der Waals surface area (Å²) in [5, 5.41) is 14.5. The van der Waals surface area contributed by atoms with Gasteiger partial charge in [0.2, 0.25) is 0 Å². The molecule has 0 aromatic carbocycles. The molecular formula is C9H17N6Y-. The fraction of sp³-hybridized carbons (Fsp3) is 0.556. The normalized spacial score (nSPS) is 8.25. The minimum atomic E-state index is 0. The van der Waals surface area contributed by atoms with E-state index >= 15 is 0 Å². The largest absolute Gasteiger partial charge is 0.352 e. The van der Waals surface area contributed by atoms with Gasteiger partial charge in [0.15, 0.2) is 0 Å². The van der Waals surface area contributed by atoms with Crippen LogP contribution in [-0.4, -0.2) is 30.0 Å². The first-order chi connectivity index (χ1) is 6.61. The van der Waals surface area contributed by atoms with E-state index in [0.717, 1.165) is 11.4 Å². The molecule has 0 spiro atoms. The first-order valence-electron chi connectivity index (χ1n) is 4.16. The quantitative estimate of drug-likeness (QED) is 0.671. The zero-order valence-electron chi connectivity index (χ0n) is 9.34. The molecule has 2 heterocycles. The van der Waals surface area contributed by atoms with E-state index in [1.54, 1.807) is 22.6 Å². The Morgan fingerprint density at radius 3 is 1.94 bits per heavy atom. The summed E-state index contributed by atoms with van der Waals surface area (Å²) in [6.07, 6.45) is 4.18. The van der Waals surface area contributed by atoms with Crippen LogP contribution < -0.4 is 0 Å². The van der Waals surface area contributed by atoms with Crippen LogP contribution in [0.15, 0.2) is 6.20 Å². The van der Waals surface area contributed by atoms with Crippen LogP contribution in [0.5, 0.6) is 0 Å². The van der Waals surface area contributed by atoms with Crippen molar-refractivity contribution in [1.82, 2.24) is 30.0 Å². The Kier molecular flexibility index (Phi) is 9.47. The van der Waals surface area contributed by atoms with Crippen molar-refractivity contribution in [2.45, 2.75) is 21.3 Å². The van der Waals surface area contributed by atoms with Crippen LogP contribution in [0.1, 0.15) is 18.8 Å². The Labute approximate surface area is 121 Å². The Morgan fingerprint density at radius 2 is 1.81 bits per heavy atom. The molecule has 0 atom stereocenters. The first-order valence-corrected chi connectivity index (χ1v) is 4.16. The second kappa shape index (κ2) is 8.53. The van der Waals surface area contributed by atoms with Gasteiger partial charge >= 0.3 is 0 Å². The molecule has 0 N–H and O–H groups in total. The minimum Gasteiger partial charge on any atom is -0.352 e. The van der Waals surface area contributed by atoms with Gasteiger partial charge in [0.05, 0.1) is 11.4 Å². The van der Waals surface area contributed by atoms with Crippen molar-refractivity contribution in [3.05, 3.63) is 23.8 Å². The molecule has 7 heteroatoms. The van der Waals surface area contributed by atoms with E-state index in [-0.39, 0.29) is 40.1 Å². The molecule has 2 aromatic rings. The molecule has 16 heavy (non-hydrogen) atoms. The SMILES string of the molecule is C.Cc1nnn(C)c1C.Cn1c[c-]nn1.[Y]. The van der Waals surface area contributed by atoms with Gasteiger partial charge in [-0.3, -0.25) is 9.36 Å². The van der Waals surface area contributed by atoms with Crippen molar-refractivity contribution in [2.75, 3.05) is 0 Å². The van der Waals surface area contributed by atoms with Crippen LogP contribution in [-0.2, 0) is 46.8 Å². The summed E-state index contributed by atoms with van der Waals surface area (Å²) in [4.78, 5) is 0. The molecule has 2 aromatic heterocycles. The third-order valence-electron chi connectivity index (χ3n) is 1.83. The Balaban J connectivity index is 0. The van der Waals surface area contributed by atoms with Crippen LogP contribution in [0.4, 0.5) is 0 Å². The number of rotatable bonds is 0. The average molecular weight is 298 g/mol. The van der Waals surface area contributed by atoms with E-state index in [2.05, 4.69) is 26.8 Å². The van der Waals surface area contributed by atoms with E-state index in [4.69, 9.17) is 0 Å². The first kappa shape index (κ1) is 17.8. The van der Waals surface area contributed by atoms with Gasteiger partial charge in [0.1, 0.15) is 0 Å². The number of aromatic nitrogens is 6. The Morgan fingerprint density at radius 1 is 1.19 bits per heavy atom. The van der Waals surface area contributed by atoms with Gasteiger partial charge in [-0.2, -0.15) is 0 Å². The van der Waals surface area contributed by atoms with Crippen molar-refractivity contribution in [3.8, 4) is 0 Å². The fourth-order valence-electron chi connectivity index (χ4n) is 0.739. The van der Waals surface area contributed by atoms with E-state index in [9.17, 15) is 0 Å². The molecule has 6 nitrogen and oxygen atoms in total. The van der Waals surface area contributed by atoms with Gasteiger partial charge in [-0.25, -0.2) is 0 Å². The minimum absolute atomic E-state index is 0. The topological polar surface area (TPSA) is 61.4 Å². The maximum atomic E-state index is 3.83. The van der Waals surface area contributed by atoms with Gasteiger partial charge in [-0.05, 0) is 13.8 Å². The van der Waals surface area contributed by atoms with E-state index in [1.165, 1.54) is 0 Å². The van der Waals surface area contributed by atoms with Gasteiger partial charge in [-0.15, -0.1) is 16.5 Å². The third kappa shape index (κ3) is 5.46. The molecule has 0 aliphatic carbocycles. The molecule has 87 valence electrons. The molecule has 0 fully saturated rings. The van der Waals surface area contributed by atoms with Crippen molar-refractivity contribution < 1.29 is 32.7 Å². The van der Waals surface area contributed by atoms with Crippen molar-refractivity contribution in [1.29, 1.82) is 0 Å². The second-order valence-corrected chi connectivity index (χ2v) is 2.91. The average Bonchev–Trinajstić information content (AvgIpc) is 2.73. The fourth-order valence-corrected chi connectivity index (χ4v) is 0.739. The Bertz CT molecular complexity index is 361. The van der Waals surface area contributed by atoms with Gasteiger partial charge in [-0.1, -0.05) is 12.6 Å². The molecule has 0 aliphatic rings. The smallest absolute Gasteiger partial charge is 0.0825 e. The number of aryl methyl sites for hydroxylation is 3. The van der Waals surface area contributed by atoms with E-state index < -0.39 is 0 Å².